The number of anilines is 1. The fourth-order valence-electron chi connectivity index (χ4n) is 3.74. The summed E-state index contributed by atoms with van der Waals surface area (Å²) in [5.74, 6) is 1.91. The van der Waals surface area contributed by atoms with Crippen LogP contribution in [0.4, 0.5) is 5.88 Å². The van der Waals surface area contributed by atoms with E-state index in [1.165, 1.54) is 7.11 Å². The molecule has 0 N–H and O–H groups in total. The van der Waals surface area contributed by atoms with Crippen LogP contribution in [-0.2, 0) is 17.8 Å². The molecule has 0 amide bonds. The summed E-state index contributed by atoms with van der Waals surface area (Å²) < 4.78 is 27.4. The lowest BCUT2D eigenvalue weighted by atomic mass is 10.1. The number of carbonyl (C=O) groups excluding carboxylic acids is 1. The van der Waals surface area contributed by atoms with Crippen molar-refractivity contribution in [2.75, 3.05) is 32.8 Å². The third-order valence-corrected chi connectivity index (χ3v) is 5.62. The number of rotatable bonds is 11. The predicted octanol–water partition coefficient (Wildman–Crippen LogP) is 5.15. The third-order valence-electron chi connectivity index (χ3n) is 5.62. The Bertz CT molecular complexity index is 1270. The van der Waals surface area contributed by atoms with Crippen LogP contribution in [0.2, 0.25) is 0 Å². The first-order valence-electron chi connectivity index (χ1n) is 11.7. The quantitative estimate of drug-likeness (QED) is 0.258. The number of pyridine rings is 1. The van der Waals surface area contributed by atoms with Gasteiger partial charge < -0.3 is 28.3 Å². The first-order valence-corrected chi connectivity index (χ1v) is 11.7. The number of benzene rings is 2. The minimum Gasteiger partial charge on any atom is -0.497 e. The highest BCUT2D eigenvalue weighted by Gasteiger charge is 2.27. The minimum absolute atomic E-state index is 0.0923. The fourth-order valence-corrected chi connectivity index (χ4v) is 3.74. The number of nitrogens with zero attached hydrogens (tertiary/aromatic N) is 3. The SMILES string of the molecule is CCOC(=O)c1nc(-c2ccnc(OC)c2)oc1N(Cc1ccc(OC)cc1)Cc1ccc(OC)cc1. The van der Waals surface area contributed by atoms with Crippen molar-refractivity contribution >= 4 is 11.9 Å². The highest BCUT2D eigenvalue weighted by molar-refractivity contribution is 5.93. The molecule has 0 aliphatic heterocycles. The molecule has 0 saturated heterocycles. The molecule has 0 saturated carbocycles. The molecule has 9 heteroatoms. The predicted molar refractivity (Wildman–Crippen MR) is 138 cm³/mol. The standard InChI is InChI=1S/C28H29N3O6/c1-5-36-28(32)25-27(37-26(30-25)21-14-15-29-24(16-21)35-4)31(17-19-6-10-22(33-2)11-7-19)18-20-8-12-23(34-3)13-9-20/h6-16H,5,17-18H2,1-4H3. The number of aromatic nitrogens is 2. The maximum Gasteiger partial charge on any atom is 0.362 e. The summed E-state index contributed by atoms with van der Waals surface area (Å²) >= 11 is 0. The summed E-state index contributed by atoms with van der Waals surface area (Å²) in [7, 11) is 4.78. The number of hydrogen-bond acceptors (Lipinski definition) is 9. The molecule has 37 heavy (non-hydrogen) atoms. The van der Waals surface area contributed by atoms with Gasteiger partial charge in [0.2, 0.25) is 23.3 Å². The Morgan fingerprint density at radius 1 is 0.865 bits per heavy atom. The third kappa shape index (κ3) is 6.19. The number of oxazole rings is 1. The van der Waals surface area contributed by atoms with E-state index >= 15 is 0 Å². The minimum atomic E-state index is -0.567. The maximum absolute atomic E-state index is 13.0. The maximum atomic E-state index is 13.0. The van der Waals surface area contributed by atoms with E-state index in [1.807, 2.05) is 53.4 Å². The number of ether oxygens (including phenoxy) is 4. The molecule has 0 aliphatic rings. The molecule has 2 aromatic carbocycles. The molecule has 192 valence electrons. The van der Waals surface area contributed by atoms with Gasteiger partial charge in [0.05, 0.1) is 27.9 Å². The van der Waals surface area contributed by atoms with Crippen molar-refractivity contribution in [2.45, 2.75) is 20.0 Å². The van der Waals surface area contributed by atoms with Crippen molar-refractivity contribution < 1.29 is 28.2 Å². The lowest BCUT2D eigenvalue weighted by molar-refractivity contribution is 0.0520. The highest BCUT2D eigenvalue weighted by atomic mass is 16.5. The van der Waals surface area contributed by atoms with Gasteiger partial charge in [0, 0.05) is 30.9 Å². The molecule has 0 aliphatic carbocycles. The van der Waals surface area contributed by atoms with Crippen molar-refractivity contribution in [2.24, 2.45) is 0 Å². The van der Waals surface area contributed by atoms with Crippen molar-refractivity contribution in [3.8, 4) is 28.8 Å². The second-order valence-corrected chi connectivity index (χ2v) is 8.03. The lowest BCUT2D eigenvalue weighted by Crippen LogP contribution is -2.24. The van der Waals surface area contributed by atoms with Crippen LogP contribution in [0.15, 0.2) is 71.3 Å². The molecule has 0 atom stereocenters. The number of carbonyl (C=O) groups is 1. The van der Waals surface area contributed by atoms with Crippen molar-refractivity contribution in [3.05, 3.63) is 83.7 Å². The average molecular weight is 504 g/mol. The van der Waals surface area contributed by atoms with Crippen LogP contribution in [0, 0.1) is 0 Å². The topological polar surface area (TPSA) is 96.2 Å². The summed E-state index contributed by atoms with van der Waals surface area (Å²) in [6, 6.07) is 18.9. The average Bonchev–Trinajstić information content (AvgIpc) is 3.39. The number of hydrogen-bond donors (Lipinski definition) is 0. The van der Waals surface area contributed by atoms with Gasteiger partial charge in [-0.2, -0.15) is 4.98 Å². The molecule has 0 spiro atoms. The van der Waals surface area contributed by atoms with E-state index in [-0.39, 0.29) is 18.2 Å². The van der Waals surface area contributed by atoms with Crippen LogP contribution in [-0.4, -0.2) is 43.9 Å². The molecule has 2 aromatic heterocycles. The molecule has 0 fully saturated rings. The van der Waals surface area contributed by atoms with Gasteiger partial charge in [-0.25, -0.2) is 9.78 Å². The van der Waals surface area contributed by atoms with Crippen LogP contribution in [0.1, 0.15) is 28.5 Å². The second kappa shape index (κ2) is 11.9. The second-order valence-electron chi connectivity index (χ2n) is 8.03. The summed E-state index contributed by atoms with van der Waals surface area (Å²) in [5, 5.41) is 0. The molecule has 0 radical (unpaired) electrons. The van der Waals surface area contributed by atoms with Gasteiger partial charge in [-0.15, -0.1) is 0 Å². The zero-order valence-electron chi connectivity index (χ0n) is 21.3. The van der Waals surface area contributed by atoms with Crippen LogP contribution in [0.3, 0.4) is 0 Å². The molecule has 2 heterocycles. The summed E-state index contributed by atoms with van der Waals surface area (Å²) in [6.45, 7) is 2.84. The molecule has 0 bridgehead atoms. The van der Waals surface area contributed by atoms with Gasteiger partial charge in [-0.1, -0.05) is 24.3 Å². The molecule has 0 unspecified atom stereocenters. The van der Waals surface area contributed by atoms with Crippen molar-refractivity contribution in [1.29, 1.82) is 0 Å². The molecular weight excluding hydrogens is 474 g/mol. The van der Waals surface area contributed by atoms with Gasteiger partial charge in [0.25, 0.3) is 0 Å². The molecular formula is C28H29N3O6. The fraction of sp³-hybridized carbons (Fsp3) is 0.250. The lowest BCUT2D eigenvalue weighted by Gasteiger charge is -2.23. The first kappa shape index (κ1) is 25.6. The first-order chi connectivity index (χ1) is 18.0. The summed E-state index contributed by atoms with van der Waals surface area (Å²) in [6.07, 6.45) is 1.59. The van der Waals surface area contributed by atoms with Gasteiger partial charge >= 0.3 is 5.97 Å². The van der Waals surface area contributed by atoms with Crippen LogP contribution < -0.4 is 19.1 Å². The monoisotopic (exact) mass is 503 g/mol. The smallest absolute Gasteiger partial charge is 0.362 e. The summed E-state index contributed by atoms with van der Waals surface area (Å²) in [4.78, 5) is 23.6. The van der Waals surface area contributed by atoms with Crippen LogP contribution in [0.5, 0.6) is 17.4 Å². The van der Waals surface area contributed by atoms with Crippen LogP contribution >= 0.6 is 0 Å². The van der Waals surface area contributed by atoms with Gasteiger partial charge in [0.15, 0.2) is 0 Å². The van der Waals surface area contributed by atoms with Gasteiger partial charge in [-0.3, -0.25) is 0 Å². The van der Waals surface area contributed by atoms with Crippen LogP contribution in [0.25, 0.3) is 11.5 Å². The van der Waals surface area contributed by atoms with E-state index in [9.17, 15) is 4.79 Å². The van der Waals surface area contributed by atoms with E-state index in [2.05, 4.69) is 9.97 Å². The number of esters is 1. The van der Waals surface area contributed by atoms with Crippen molar-refractivity contribution in [1.82, 2.24) is 9.97 Å². The Morgan fingerprint density at radius 2 is 1.46 bits per heavy atom. The highest BCUT2D eigenvalue weighted by Crippen LogP contribution is 2.32. The normalized spacial score (nSPS) is 10.6. The zero-order valence-corrected chi connectivity index (χ0v) is 21.3. The molecule has 4 aromatic rings. The Morgan fingerprint density at radius 3 is 1.97 bits per heavy atom. The van der Waals surface area contributed by atoms with E-state index in [0.717, 1.165) is 22.6 Å². The summed E-state index contributed by atoms with van der Waals surface area (Å²) in [5.41, 5.74) is 2.70. The Hall–Kier alpha value is -4.53. The van der Waals surface area contributed by atoms with E-state index in [0.29, 0.717) is 30.4 Å². The van der Waals surface area contributed by atoms with E-state index < -0.39 is 5.97 Å². The van der Waals surface area contributed by atoms with Gasteiger partial charge in [0.1, 0.15) is 11.5 Å². The zero-order chi connectivity index (χ0) is 26.2. The molecule has 4 rings (SSSR count). The molecule has 9 nitrogen and oxygen atoms in total. The largest absolute Gasteiger partial charge is 0.497 e. The van der Waals surface area contributed by atoms with Gasteiger partial charge in [-0.05, 0) is 48.4 Å². The van der Waals surface area contributed by atoms with Crippen molar-refractivity contribution in [3.63, 3.8) is 0 Å². The number of methoxy groups -OCH3 is 3. The Labute approximate surface area is 215 Å². The Kier molecular flexibility index (Phi) is 8.25. The van der Waals surface area contributed by atoms with E-state index in [4.69, 9.17) is 23.4 Å². The van der Waals surface area contributed by atoms with E-state index in [1.54, 1.807) is 39.5 Å². The Balaban J connectivity index is 1.77.